The van der Waals surface area contributed by atoms with Crippen molar-refractivity contribution in [1.82, 2.24) is 15.1 Å². The van der Waals surface area contributed by atoms with E-state index in [-0.39, 0.29) is 0 Å². The highest BCUT2D eigenvalue weighted by Gasteiger charge is 2.23. The number of anilines is 1. The summed E-state index contributed by atoms with van der Waals surface area (Å²) in [5, 5.41) is 8.44. The molecular formula is C11H17ClN4. The molecule has 1 aliphatic rings. The molecule has 0 saturated carbocycles. The summed E-state index contributed by atoms with van der Waals surface area (Å²) in [6, 6.07) is 4.29. The van der Waals surface area contributed by atoms with Crippen LogP contribution in [0.3, 0.4) is 0 Å². The van der Waals surface area contributed by atoms with Gasteiger partial charge in [-0.25, -0.2) is 0 Å². The zero-order valence-electron chi connectivity index (χ0n) is 9.73. The van der Waals surface area contributed by atoms with Crippen LogP contribution in [0, 0.1) is 0 Å². The van der Waals surface area contributed by atoms with E-state index < -0.39 is 0 Å². The normalized spacial score (nSPS) is 22.4. The molecule has 0 spiro atoms. The molecule has 4 nitrogen and oxygen atoms in total. The van der Waals surface area contributed by atoms with Crippen molar-refractivity contribution in [2.45, 2.75) is 19.9 Å². The smallest absolute Gasteiger partial charge is 0.151 e. The van der Waals surface area contributed by atoms with Crippen molar-refractivity contribution in [2.24, 2.45) is 0 Å². The number of likely N-dealkylation sites (N-methyl/N-ethyl adjacent to an activating group) is 1. The minimum Gasteiger partial charge on any atom is -0.352 e. The standard InChI is InChI=1S/C11H17ClN4/c1-3-15-6-7-16(8-9(15)2)11-5-4-10(12)13-14-11/h4-5,9H,3,6-8H2,1-2H3. The van der Waals surface area contributed by atoms with Crippen molar-refractivity contribution >= 4 is 17.4 Å². The molecule has 2 heterocycles. The highest BCUT2D eigenvalue weighted by molar-refractivity contribution is 6.29. The van der Waals surface area contributed by atoms with Crippen molar-refractivity contribution < 1.29 is 0 Å². The van der Waals surface area contributed by atoms with E-state index in [0.717, 1.165) is 32.0 Å². The highest BCUT2D eigenvalue weighted by Crippen LogP contribution is 2.16. The van der Waals surface area contributed by atoms with Gasteiger partial charge in [-0.15, -0.1) is 10.2 Å². The number of rotatable bonds is 2. The van der Waals surface area contributed by atoms with E-state index >= 15 is 0 Å². The third-order valence-corrected chi connectivity index (χ3v) is 3.31. The van der Waals surface area contributed by atoms with Crippen LogP contribution in [0.15, 0.2) is 12.1 Å². The molecule has 0 N–H and O–H groups in total. The van der Waals surface area contributed by atoms with E-state index in [2.05, 4.69) is 33.8 Å². The first-order chi connectivity index (χ1) is 7.70. The SMILES string of the molecule is CCN1CCN(c2ccc(Cl)nn2)CC1C. The van der Waals surface area contributed by atoms with Crippen molar-refractivity contribution in [3.05, 3.63) is 17.3 Å². The van der Waals surface area contributed by atoms with Gasteiger partial charge in [0.25, 0.3) is 0 Å². The van der Waals surface area contributed by atoms with Crippen LogP contribution in [0.5, 0.6) is 0 Å². The minimum atomic E-state index is 0.448. The van der Waals surface area contributed by atoms with E-state index in [1.54, 1.807) is 6.07 Å². The Morgan fingerprint density at radius 1 is 1.38 bits per heavy atom. The van der Waals surface area contributed by atoms with Crippen LogP contribution in [0.4, 0.5) is 5.82 Å². The Hall–Kier alpha value is -0.870. The Kier molecular flexibility index (Phi) is 3.61. The number of piperazine rings is 1. The summed E-state index contributed by atoms with van der Waals surface area (Å²) >= 11 is 5.72. The molecule has 0 bridgehead atoms. The van der Waals surface area contributed by atoms with Crippen LogP contribution < -0.4 is 4.90 Å². The predicted molar refractivity (Wildman–Crippen MR) is 66.0 cm³/mol. The molecule has 0 aromatic carbocycles. The molecule has 0 amide bonds. The van der Waals surface area contributed by atoms with Crippen LogP contribution in [0.25, 0.3) is 0 Å². The summed E-state index contributed by atoms with van der Waals surface area (Å²) < 4.78 is 0. The van der Waals surface area contributed by atoms with Gasteiger partial charge in [-0.1, -0.05) is 18.5 Å². The van der Waals surface area contributed by atoms with Crippen LogP contribution >= 0.6 is 11.6 Å². The third-order valence-electron chi connectivity index (χ3n) is 3.11. The molecular weight excluding hydrogens is 224 g/mol. The molecule has 1 aromatic rings. The molecule has 0 aliphatic carbocycles. The monoisotopic (exact) mass is 240 g/mol. The van der Waals surface area contributed by atoms with E-state index in [9.17, 15) is 0 Å². The van der Waals surface area contributed by atoms with Gasteiger partial charge in [0.1, 0.15) is 0 Å². The van der Waals surface area contributed by atoms with Gasteiger partial charge in [0.15, 0.2) is 11.0 Å². The average Bonchev–Trinajstić information content (AvgIpc) is 2.30. The van der Waals surface area contributed by atoms with E-state index in [4.69, 9.17) is 11.6 Å². The van der Waals surface area contributed by atoms with Crippen molar-refractivity contribution in [3.8, 4) is 0 Å². The summed E-state index contributed by atoms with van der Waals surface area (Å²) in [6.07, 6.45) is 0. The van der Waals surface area contributed by atoms with Crippen molar-refractivity contribution in [3.63, 3.8) is 0 Å². The summed E-state index contributed by atoms with van der Waals surface area (Å²) in [7, 11) is 0. The topological polar surface area (TPSA) is 32.3 Å². The Bertz CT molecular complexity index is 340. The molecule has 2 rings (SSSR count). The molecule has 0 radical (unpaired) electrons. The first kappa shape index (κ1) is 11.6. The number of nitrogens with zero attached hydrogens (tertiary/aromatic N) is 4. The van der Waals surface area contributed by atoms with Gasteiger partial charge < -0.3 is 4.90 Å². The lowest BCUT2D eigenvalue weighted by atomic mass is 10.2. The first-order valence-corrected chi connectivity index (χ1v) is 6.06. The quantitative estimate of drug-likeness (QED) is 0.787. The summed E-state index contributed by atoms with van der Waals surface area (Å²) in [5.41, 5.74) is 0. The molecule has 16 heavy (non-hydrogen) atoms. The lowest BCUT2D eigenvalue weighted by Crippen LogP contribution is -2.52. The van der Waals surface area contributed by atoms with Crippen LogP contribution in [-0.4, -0.2) is 47.3 Å². The second kappa shape index (κ2) is 4.97. The van der Waals surface area contributed by atoms with Gasteiger partial charge in [0.05, 0.1) is 0 Å². The number of halogens is 1. The third kappa shape index (κ3) is 2.44. The summed E-state index contributed by atoms with van der Waals surface area (Å²) in [5.74, 6) is 0.923. The lowest BCUT2D eigenvalue weighted by Gasteiger charge is -2.39. The Morgan fingerprint density at radius 3 is 2.75 bits per heavy atom. The molecule has 1 saturated heterocycles. The van der Waals surface area contributed by atoms with E-state index in [0.29, 0.717) is 11.2 Å². The van der Waals surface area contributed by atoms with Gasteiger partial charge in [-0.3, -0.25) is 4.90 Å². The Balaban J connectivity index is 2.04. The Morgan fingerprint density at radius 2 is 2.19 bits per heavy atom. The number of hydrogen-bond acceptors (Lipinski definition) is 4. The molecule has 1 aliphatic heterocycles. The minimum absolute atomic E-state index is 0.448. The molecule has 1 unspecified atom stereocenters. The lowest BCUT2D eigenvalue weighted by molar-refractivity contribution is 0.199. The molecule has 1 atom stereocenters. The van der Waals surface area contributed by atoms with Crippen LogP contribution in [0.1, 0.15) is 13.8 Å². The van der Waals surface area contributed by atoms with E-state index in [1.807, 2.05) is 6.07 Å². The van der Waals surface area contributed by atoms with Crippen LogP contribution in [0.2, 0.25) is 5.15 Å². The molecule has 1 aromatic heterocycles. The van der Waals surface area contributed by atoms with Gasteiger partial charge in [0, 0.05) is 25.7 Å². The second-order valence-corrected chi connectivity index (χ2v) is 4.53. The van der Waals surface area contributed by atoms with E-state index in [1.165, 1.54) is 0 Å². The zero-order chi connectivity index (χ0) is 11.5. The fraction of sp³-hybridized carbons (Fsp3) is 0.636. The molecule has 5 heteroatoms. The van der Waals surface area contributed by atoms with Crippen LogP contribution in [-0.2, 0) is 0 Å². The fourth-order valence-corrected chi connectivity index (χ4v) is 2.25. The summed E-state index contributed by atoms with van der Waals surface area (Å²) in [6.45, 7) is 8.66. The fourth-order valence-electron chi connectivity index (χ4n) is 2.15. The molecule has 88 valence electrons. The zero-order valence-corrected chi connectivity index (χ0v) is 10.5. The van der Waals surface area contributed by atoms with Gasteiger partial charge in [-0.05, 0) is 25.6 Å². The van der Waals surface area contributed by atoms with Gasteiger partial charge in [-0.2, -0.15) is 0 Å². The average molecular weight is 241 g/mol. The maximum Gasteiger partial charge on any atom is 0.151 e. The van der Waals surface area contributed by atoms with Gasteiger partial charge in [0.2, 0.25) is 0 Å². The summed E-state index contributed by atoms with van der Waals surface area (Å²) in [4.78, 5) is 4.74. The number of aromatic nitrogens is 2. The van der Waals surface area contributed by atoms with Crippen molar-refractivity contribution in [1.29, 1.82) is 0 Å². The maximum absolute atomic E-state index is 5.72. The molecule has 1 fully saturated rings. The maximum atomic E-state index is 5.72. The predicted octanol–water partition coefficient (Wildman–Crippen LogP) is 1.66. The van der Waals surface area contributed by atoms with Gasteiger partial charge >= 0.3 is 0 Å². The second-order valence-electron chi connectivity index (χ2n) is 4.14. The number of hydrogen-bond donors (Lipinski definition) is 0. The highest BCUT2D eigenvalue weighted by atomic mass is 35.5. The van der Waals surface area contributed by atoms with Crippen molar-refractivity contribution in [2.75, 3.05) is 31.1 Å². The first-order valence-electron chi connectivity index (χ1n) is 5.69. The Labute approximate surface area is 101 Å². The largest absolute Gasteiger partial charge is 0.352 e.